The summed E-state index contributed by atoms with van der Waals surface area (Å²) < 4.78 is 0. The molecule has 2 aromatic heterocycles. The van der Waals surface area contributed by atoms with E-state index in [9.17, 15) is 4.79 Å². The second kappa shape index (κ2) is 11.5. The Kier molecular flexibility index (Phi) is 8.46. The van der Waals surface area contributed by atoms with E-state index in [0.29, 0.717) is 16.3 Å². The van der Waals surface area contributed by atoms with Crippen LogP contribution in [-0.4, -0.2) is 40.4 Å². The van der Waals surface area contributed by atoms with Gasteiger partial charge < -0.3 is 5.32 Å². The van der Waals surface area contributed by atoms with Crippen LogP contribution >= 0.6 is 46.4 Å². The first-order chi connectivity index (χ1) is 16.4. The molecule has 176 valence electrons. The van der Waals surface area contributed by atoms with Crippen molar-refractivity contribution in [1.29, 1.82) is 0 Å². The smallest absolute Gasteiger partial charge is 0.255 e. The lowest BCUT2D eigenvalue weighted by Gasteiger charge is -2.31. The van der Waals surface area contributed by atoms with Gasteiger partial charge in [-0.25, -0.2) is 9.97 Å². The summed E-state index contributed by atoms with van der Waals surface area (Å²) in [5.41, 5.74) is 2.84. The van der Waals surface area contributed by atoms with Gasteiger partial charge in [0.15, 0.2) is 0 Å². The van der Waals surface area contributed by atoms with Gasteiger partial charge in [-0.1, -0.05) is 70.7 Å². The van der Waals surface area contributed by atoms with Crippen molar-refractivity contribution in [3.63, 3.8) is 0 Å². The molecule has 3 heterocycles. The van der Waals surface area contributed by atoms with Crippen molar-refractivity contribution in [2.75, 3.05) is 25.0 Å². The number of benzene rings is 1. The molecule has 4 rings (SSSR count). The van der Waals surface area contributed by atoms with Crippen LogP contribution in [0.3, 0.4) is 0 Å². The predicted octanol–water partition coefficient (Wildman–Crippen LogP) is 7.24. The van der Waals surface area contributed by atoms with Crippen molar-refractivity contribution in [3.8, 4) is 0 Å². The number of amides is 1. The van der Waals surface area contributed by atoms with E-state index in [0.717, 1.165) is 48.8 Å². The van der Waals surface area contributed by atoms with Gasteiger partial charge in [-0.05, 0) is 61.8 Å². The molecule has 0 bridgehead atoms. The predicted molar refractivity (Wildman–Crippen MR) is 140 cm³/mol. The standard InChI is InChI=1S/C25H22Cl4N4O/c26-19-5-3-16(4-6-19)2-1-11-33-12-8-17(9-13-33)23-21(15-20(27)24(29)32-23)31-25(34)18-7-10-30-22(28)14-18/h1-7,10,14-15,17H,8-9,11-13H2,(H,31,34)/b2-1+. The van der Waals surface area contributed by atoms with Crippen LogP contribution in [0.5, 0.6) is 0 Å². The molecule has 1 aliphatic heterocycles. The lowest BCUT2D eigenvalue weighted by molar-refractivity contribution is 0.102. The van der Waals surface area contributed by atoms with Crippen LogP contribution in [0.4, 0.5) is 5.69 Å². The molecule has 1 aliphatic rings. The maximum atomic E-state index is 12.8. The Morgan fingerprint density at radius 1 is 1.06 bits per heavy atom. The summed E-state index contributed by atoms with van der Waals surface area (Å²) in [6, 6.07) is 12.5. The highest BCUT2D eigenvalue weighted by atomic mass is 35.5. The zero-order chi connectivity index (χ0) is 24.1. The maximum Gasteiger partial charge on any atom is 0.255 e. The zero-order valence-electron chi connectivity index (χ0n) is 18.1. The number of rotatable bonds is 6. The van der Waals surface area contributed by atoms with Gasteiger partial charge in [0.05, 0.1) is 16.4 Å². The number of aromatic nitrogens is 2. The van der Waals surface area contributed by atoms with Gasteiger partial charge in [0.25, 0.3) is 5.91 Å². The van der Waals surface area contributed by atoms with Crippen LogP contribution < -0.4 is 5.32 Å². The lowest BCUT2D eigenvalue weighted by atomic mass is 9.92. The molecular weight excluding hydrogens is 514 g/mol. The zero-order valence-corrected chi connectivity index (χ0v) is 21.2. The highest BCUT2D eigenvalue weighted by Gasteiger charge is 2.25. The summed E-state index contributed by atoms with van der Waals surface area (Å²) >= 11 is 24.3. The first kappa shape index (κ1) is 25.0. The highest BCUT2D eigenvalue weighted by molar-refractivity contribution is 6.41. The number of likely N-dealkylation sites (tertiary alicyclic amines) is 1. The molecule has 1 N–H and O–H groups in total. The molecule has 5 nitrogen and oxygen atoms in total. The summed E-state index contributed by atoms with van der Waals surface area (Å²) in [5.74, 6) is -0.155. The van der Waals surface area contributed by atoms with E-state index in [4.69, 9.17) is 46.4 Å². The quantitative estimate of drug-likeness (QED) is 0.338. The van der Waals surface area contributed by atoms with Crippen LogP contribution in [-0.2, 0) is 0 Å². The van der Waals surface area contributed by atoms with Crippen molar-refractivity contribution in [2.24, 2.45) is 0 Å². The number of carbonyl (C=O) groups is 1. The second-order valence-corrected chi connectivity index (χ2v) is 9.63. The number of nitrogens with one attached hydrogen (secondary N) is 1. The summed E-state index contributed by atoms with van der Waals surface area (Å²) in [4.78, 5) is 23.6. The fourth-order valence-corrected chi connectivity index (χ4v) is 4.53. The number of piperidine rings is 1. The first-order valence-corrected chi connectivity index (χ1v) is 12.3. The Morgan fingerprint density at radius 3 is 2.50 bits per heavy atom. The number of hydrogen-bond donors (Lipinski definition) is 1. The van der Waals surface area contributed by atoms with E-state index in [1.165, 1.54) is 12.3 Å². The molecule has 1 aromatic carbocycles. The summed E-state index contributed by atoms with van der Waals surface area (Å²) in [7, 11) is 0. The molecule has 0 saturated carbocycles. The molecule has 0 unspecified atom stereocenters. The fourth-order valence-electron chi connectivity index (χ4n) is 3.93. The third-order valence-electron chi connectivity index (χ3n) is 5.72. The van der Waals surface area contributed by atoms with Gasteiger partial charge in [-0.3, -0.25) is 9.69 Å². The van der Waals surface area contributed by atoms with E-state index < -0.39 is 0 Å². The molecule has 3 aromatic rings. The second-order valence-electron chi connectivity index (χ2n) is 8.04. The van der Waals surface area contributed by atoms with Gasteiger partial charge in [0, 0.05) is 29.2 Å². The van der Waals surface area contributed by atoms with Gasteiger partial charge in [0.1, 0.15) is 10.3 Å². The average Bonchev–Trinajstić information content (AvgIpc) is 2.83. The number of carbonyl (C=O) groups excluding carboxylic acids is 1. The van der Waals surface area contributed by atoms with E-state index in [-0.39, 0.29) is 22.1 Å². The average molecular weight is 536 g/mol. The largest absolute Gasteiger partial charge is 0.320 e. The molecular formula is C25H22Cl4N4O. The van der Waals surface area contributed by atoms with Crippen molar-refractivity contribution < 1.29 is 4.79 Å². The first-order valence-electron chi connectivity index (χ1n) is 10.8. The Labute approximate surface area is 218 Å². The Balaban J connectivity index is 1.41. The molecule has 34 heavy (non-hydrogen) atoms. The van der Waals surface area contributed by atoms with E-state index in [1.807, 2.05) is 24.3 Å². The monoisotopic (exact) mass is 534 g/mol. The molecule has 0 radical (unpaired) electrons. The summed E-state index contributed by atoms with van der Waals surface area (Å²) in [5, 5.41) is 4.42. The van der Waals surface area contributed by atoms with Gasteiger partial charge in [0.2, 0.25) is 0 Å². The topological polar surface area (TPSA) is 58.1 Å². The van der Waals surface area contributed by atoms with Crippen LogP contribution in [0, 0.1) is 0 Å². The lowest BCUT2D eigenvalue weighted by Crippen LogP contribution is -2.33. The van der Waals surface area contributed by atoms with Crippen LogP contribution in [0.2, 0.25) is 20.4 Å². The van der Waals surface area contributed by atoms with Gasteiger partial charge in [-0.15, -0.1) is 0 Å². The number of anilines is 1. The summed E-state index contributed by atoms with van der Waals surface area (Å²) in [6.07, 6.45) is 7.53. The van der Waals surface area contributed by atoms with Crippen molar-refractivity contribution in [3.05, 3.63) is 91.9 Å². The Bertz CT molecular complexity index is 1190. The van der Waals surface area contributed by atoms with Crippen LogP contribution in [0.25, 0.3) is 6.08 Å². The maximum absolute atomic E-state index is 12.8. The van der Waals surface area contributed by atoms with Gasteiger partial charge >= 0.3 is 0 Å². The highest BCUT2D eigenvalue weighted by Crippen LogP contribution is 2.35. The van der Waals surface area contributed by atoms with Crippen LogP contribution in [0.1, 0.15) is 40.4 Å². The summed E-state index contributed by atoms with van der Waals surface area (Å²) in [6.45, 7) is 2.67. The number of pyridine rings is 2. The third-order valence-corrected chi connectivity index (χ3v) is 6.85. The minimum absolute atomic E-state index is 0.155. The number of hydrogen-bond acceptors (Lipinski definition) is 4. The molecule has 9 heteroatoms. The molecule has 1 amide bonds. The van der Waals surface area contributed by atoms with E-state index in [2.05, 4.69) is 32.3 Å². The Morgan fingerprint density at radius 2 is 1.79 bits per heavy atom. The minimum atomic E-state index is -0.310. The normalized spacial score (nSPS) is 15.1. The fraction of sp³-hybridized carbons (Fsp3) is 0.240. The van der Waals surface area contributed by atoms with E-state index >= 15 is 0 Å². The SMILES string of the molecule is O=C(Nc1cc(Cl)c(Cl)nc1C1CCN(C/C=C/c2ccc(Cl)cc2)CC1)c1ccnc(Cl)c1. The molecule has 0 aliphatic carbocycles. The van der Waals surface area contributed by atoms with Crippen LogP contribution in [0.15, 0.2) is 54.7 Å². The van der Waals surface area contributed by atoms with Crippen molar-refractivity contribution in [1.82, 2.24) is 14.9 Å². The van der Waals surface area contributed by atoms with Gasteiger partial charge in [-0.2, -0.15) is 0 Å². The van der Waals surface area contributed by atoms with Crippen molar-refractivity contribution >= 4 is 64.1 Å². The van der Waals surface area contributed by atoms with E-state index in [1.54, 1.807) is 12.1 Å². The Hall–Kier alpha value is -2.15. The molecule has 1 fully saturated rings. The molecule has 1 saturated heterocycles. The molecule has 0 spiro atoms. The minimum Gasteiger partial charge on any atom is -0.320 e. The number of halogens is 4. The number of nitrogens with zero attached hydrogens (tertiary/aromatic N) is 3. The third kappa shape index (κ3) is 6.49. The van der Waals surface area contributed by atoms with Crippen molar-refractivity contribution in [2.45, 2.75) is 18.8 Å². The molecule has 0 atom stereocenters.